The van der Waals surface area contributed by atoms with Crippen LogP contribution in [0, 0.1) is 6.92 Å². The molecule has 3 aromatic rings. The highest BCUT2D eigenvalue weighted by molar-refractivity contribution is 6.32. The highest BCUT2D eigenvalue weighted by atomic mass is 35.5. The number of aryl methyl sites for hydroxylation is 2. The number of tetrazole rings is 1. The predicted octanol–water partition coefficient (Wildman–Crippen LogP) is 2.83. The van der Waals surface area contributed by atoms with Gasteiger partial charge in [-0.25, -0.2) is 9.97 Å². The summed E-state index contributed by atoms with van der Waals surface area (Å²) in [6, 6.07) is 3.92. The second-order valence-corrected chi connectivity index (χ2v) is 6.61. The molecule has 0 atom stereocenters. The van der Waals surface area contributed by atoms with Gasteiger partial charge in [0.05, 0.1) is 5.69 Å². The largest absolute Gasteiger partial charge is 0.468 e. The van der Waals surface area contributed by atoms with Gasteiger partial charge in [0.25, 0.3) is 0 Å². The number of hydrogen-bond donors (Lipinski definition) is 0. The van der Waals surface area contributed by atoms with E-state index in [2.05, 4.69) is 37.4 Å². The molecule has 0 saturated heterocycles. The van der Waals surface area contributed by atoms with Crippen LogP contribution in [-0.4, -0.2) is 35.2 Å². The van der Waals surface area contributed by atoms with Gasteiger partial charge in [0.2, 0.25) is 5.88 Å². The molecule has 0 unspecified atom stereocenters. The molecule has 1 aliphatic carbocycles. The molecular weight excluding hydrogens is 354 g/mol. The number of pyridine rings is 1. The minimum absolute atomic E-state index is 0.130. The molecule has 8 nitrogen and oxygen atoms in total. The van der Waals surface area contributed by atoms with E-state index in [0.717, 1.165) is 36.3 Å². The maximum Gasteiger partial charge on any atom is 0.236 e. The van der Waals surface area contributed by atoms with Crippen LogP contribution in [0.2, 0.25) is 5.02 Å². The molecule has 0 bridgehead atoms. The van der Waals surface area contributed by atoms with Gasteiger partial charge in [-0.3, -0.25) is 0 Å². The SMILES string of the molecule is CCc1ccnc(-n2nnnc2COc2nc(C3CC3)nc(C)c2Cl)c1. The van der Waals surface area contributed by atoms with E-state index in [0.29, 0.717) is 28.5 Å². The highest BCUT2D eigenvalue weighted by Crippen LogP contribution is 2.40. The molecule has 0 radical (unpaired) electrons. The van der Waals surface area contributed by atoms with Crippen molar-refractivity contribution >= 4 is 11.6 Å². The molecular formula is C17H18ClN7O. The van der Waals surface area contributed by atoms with Crippen LogP contribution in [0.5, 0.6) is 5.88 Å². The summed E-state index contributed by atoms with van der Waals surface area (Å²) >= 11 is 6.31. The molecule has 0 amide bonds. The molecule has 1 saturated carbocycles. The summed E-state index contributed by atoms with van der Waals surface area (Å²) in [6.45, 7) is 4.07. The first kappa shape index (κ1) is 16.8. The van der Waals surface area contributed by atoms with Crippen molar-refractivity contribution in [3.05, 3.63) is 46.3 Å². The number of nitrogens with zero attached hydrogens (tertiary/aromatic N) is 7. The Morgan fingerprint density at radius 1 is 1.31 bits per heavy atom. The zero-order valence-electron chi connectivity index (χ0n) is 14.6. The molecule has 1 fully saturated rings. The lowest BCUT2D eigenvalue weighted by atomic mass is 10.2. The summed E-state index contributed by atoms with van der Waals surface area (Å²) in [4.78, 5) is 13.2. The Morgan fingerprint density at radius 3 is 2.92 bits per heavy atom. The molecule has 0 spiro atoms. The Bertz CT molecular complexity index is 939. The fourth-order valence-electron chi connectivity index (χ4n) is 2.58. The second kappa shape index (κ2) is 6.95. The van der Waals surface area contributed by atoms with Crippen molar-refractivity contribution in [1.82, 2.24) is 35.2 Å². The number of hydrogen-bond acceptors (Lipinski definition) is 7. The Balaban J connectivity index is 1.57. The van der Waals surface area contributed by atoms with Crippen LogP contribution in [0.1, 0.15) is 48.6 Å². The van der Waals surface area contributed by atoms with Crippen molar-refractivity contribution in [1.29, 1.82) is 0 Å². The third-order valence-corrected chi connectivity index (χ3v) is 4.69. The third-order valence-electron chi connectivity index (χ3n) is 4.25. The fraction of sp³-hybridized carbons (Fsp3) is 0.412. The number of halogens is 1. The quantitative estimate of drug-likeness (QED) is 0.657. The predicted molar refractivity (Wildman–Crippen MR) is 94.4 cm³/mol. The monoisotopic (exact) mass is 371 g/mol. The van der Waals surface area contributed by atoms with E-state index in [1.807, 2.05) is 19.1 Å². The van der Waals surface area contributed by atoms with Gasteiger partial charge in [0.15, 0.2) is 18.2 Å². The van der Waals surface area contributed by atoms with Gasteiger partial charge >= 0.3 is 0 Å². The molecule has 1 aliphatic rings. The van der Waals surface area contributed by atoms with E-state index in [4.69, 9.17) is 16.3 Å². The number of ether oxygens (including phenoxy) is 1. The molecule has 3 aromatic heterocycles. The van der Waals surface area contributed by atoms with E-state index < -0.39 is 0 Å². The second-order valence-electron chi connectivity index (χ2n) is 6.23. The van der Waals surface area contributed by atoms with Gasteiger partial charge in [-0.1, -0.05) is 18.5 Å². The van der Waals surface area contributed by atoms with Crippen LogP contribution in [0.15, 0.2) is 18.3 Å². The summed E-state index contributed by atoms with van der Waals surface area (Å²) in [5.74, 6) is 2.74. The topological polar surface area (TPSA) is 91.5 Å². The van der Waals surface area contributed by atoms with Crippen LogP contribution in [0.3, 0.4) is 0 Å². The van der Waals surface area contributed by atoms with Crippen molar-refractivity contribution in [3.8, 4) is 11.7 Å². The van der Waals surface area contributed by atoms with Crippen LogP contribution in [-0.2, 0) is 13.0 Å². The van der Waals surface area contributed by atoms with Gasteiger partial charge in [-0.05, 0) is 54.3 Å². The molecule has 4 rings (SSSR count). The molecule has 0 aliphatic heterocycles. The zero-order chi connectivity index (χ0) is 18.1. The summed E-state index contributed by atoms with van der Waals surface area (Å²) in [6.07, 6.45) is 4.87. The maximum atomic E-state index is 6.31. The van der Waals surface area contributed by atoms with E-state index in [1.165, 1.54) is 0 Å². The van der Waals surface area contributed by atoms with Crippen LogP contribution < -0.4 is 4.74 Å². The average Bonchev–Trinajstić information content (AvgIpc) is 3.41. The van der Waals surface area contributed by atoms with Gasteiger partial charge in [-0.15, -0.1) is 5.10 Å². The summed E-state index contributed by atoms with van der Waals surface area (Å²) < 4.78 is 7.38. The van der Waals surface area contributed by atoms with Crippen molar-refractivity contribution in [2.75, 3.05) is 0 Å². The number of aromatic nitrogens is 7. The van der Waals surface area contributed by atoms with Gasteiger partial charge < -0.3 is 4.74 Å². The molecule has 134 valence electrons. The third kappa shape index (κ3) is 3.37. The van der Waals surface area contributed by atoms with Crippen LogP contribution in [0.25, 0.3) is 5.82 Å². The van der Waals surface area contributed by atoms with Gasteiger partial charge in [0, 0.05) is 12.1 Å². The first-order chi connectivity index (χ1) is 12.7. The van der Waals surface area contributed by atoms with E-state index in [9.17, 15) is 0 Å². The Labute approximate surface area is 155 Å². The Kier molecular flexibility index (Phi) is 4.50. The summed E-state index contributed by atoms with van der Waals surface area (Å²) in [7, 11) is 0. The average molecular weight is 372 g/mol. The maximum absolute atomic E-state index is 6.31. The minimum atomic E-state index is 0.130. The molecule has 9 heteroatoms. The lowest BCUT2D eigenvalue weighted by molar-refractivity contribution is 0.279. The first-order valence-electron chi connectivity index (χ1n) is 8.55. The van der Waals surface area contributed by atoms with E-state index in [-0.39, 0.29) is 6.61 Å². The van der Waals surface area contributed by atoms with E-state index >= 15 is 0 Å². The summed E-state index contributed by atoms with van der Waals surface area (Å²) in [5, 5.41) is 12.2. The number of rotatable bonds is 6. The normalized spacial score (nSPS) is 13.8. The molecule has 0 N–H and O–H groups in total. The van der Waals surface area contributed by atoms with Crippen molar-refractivity contribution in [3.63, 3.8) is 0 Å². The fourth-order valence-corrected chi connectivity index (χ4v) is 2.72. The Hall–Kier alpha value is -2.61. The minimum Gasteiger partial charge on any atom is -0.468 e. The van der Waals surface area contributed by atoms with Crippen LogP contribution >= 0.6 is 11.6 Å². The smallest absolute Gasteiger partial charge is 0.236 e. The van der Waals surface area contributed by atoms with E-state index in [1.54, 1.807) is 10.9 Å². The highest BCUT2D eigenvalue weighted by Gasteiger charge is 2.28. The first-order valence-corrected chi connectivity index (χ1v) is 8.93. The Morgan fingerprint density at radius 2 is 2.15 bits per heavy atom. The van der Waals surface area contributed by atoms with Crippen LogP contribution in [0.4, 0.5) is 0 Å². The van der Waals surface area contributed by atoms with Crippen molar-refractivity contribution in [2.24, 2.45) is 0 Å². The standard InChI is InChI=1S/C17H18ClN7O/c1-3-11-6-7-19-13(8-11)25-14(22-23-24-25)9-26-17-15(18)10(2)20-16(21-17)12-4-5-12/h6-8,12H,3-5,9H2,1-2H3. The van der Waals surface area contributed by atoms with Crippen molar-refractivity contribution < 1.29 is 4.74 Å². The lowest BCUT2D eigenvalue weighted by Crippen LogP contribution is -2.10. The molecule has 26 heavy (non-hydrogen) atoms. The molecule has 3 heterocycles. The molecule has 0 aromatic carbocycles. The summed E-state index contributed by atoms with van der Waals surface area (Å²) in [5.41, 5.74) is 1.87. The lowest BCUT2D eigenvalue weighted by Gasteiger charge is -2.10. The van der Waals surface area contributed by atoms with Gasteiger partial charge in [-0.2, -0.15) is 9.67 Å². The van der Waals surface area contributed by atoms with Gasteiger partial charge in [0.1, 0.15) is 10.8 Å². The van der Waals surface area contributed by atoms with Crippen molar-refractivity contribution in [2.45, 2.75) is 45.6 Å². The zero-order valence-corrected chi connectivity index (χ0v) is 15.3.